The van der Waals surface area contributed by atoms with Crippen LogP contribution in [0.25, 0.3) is 0 Å². The normalized spacial score (nSPS) is 22.2. The van der Waals surface area contributed by atoms with Crippen LogP contribution in [0.3, 0.4) is 0 Å². The number of hydrogen-bond donors (Lipinski definition) is 1. The zero-order chi connectivity index (χ0) is 12.5. The second-order valence-electron chi connectivity index (χ2n) is 4.61. The van der Waals surface area contributed by atoms with E-state index in [2.05, 4.69) is 12.2 Å². The van der Waals surface area contributed by atoms with Crippen LogP contribution in [-0.4, -0.2) is 45.8 Å². The molecule has 2 unspecified atom stereocenters. The first-order chi connectivity index (χ1) is 8.31. The Labute approximate surface area is 105 Å². The van der Waals surface area contributed by atoms with Crippen molar-refractivity contribution in [2.24, 2.45) is 0 Å². The molecule has 0 aliphatic carbocycles. The summed E-state index contributed by atoms with van der Waals surface area (Å²) in [4.78, 5) is 0. The Balaban J connectivity index is 2.32. The first kappa shape index (κ1) is 14.9. The van der Waals surface area contributed by atoms with Crippen LogP contribution in [0, 0.1) is 0 Å². The molecule has 17 heavy (non-hydrogen) atoms. The van der Waals surface area contributed by atoms with E-state index in [1.54, 1.807) is 14.2 Å². The summed E-state index contributed by atoms with van der Waals surface area (Å²) in [6.45, 7) is 4.09. The molecule has 1 saturated heterocycles. The Kier molecular flexibility index (Phi) is 7.77. The molecular formula is C13H27NO3. The van der Waals surface area contributed by atoms with Crippen molar-refractivity contribution in [2.45, 2.75) is 57.5 Å². The van der Waals surface area contributed by atoms with Gasteiger partial charge in [0.1, 0.15) is 0 Å². The zero-order valence-corrected chi connectivity index (χ0v) is 11.4. The Morgan fingerprint density at radius 3 is 2.65 bits per heavy atom. The smallest absolute Gasteiger partial charge is 0.171 e. The Morgan fingerprint density at radius 2 is 2.12 bits per heavy atom. The van der Waals surface area contributed by atoms with Crippen LogP contribution in [0.4, 0.5) is 0 Å². The van der Waals surface area contributed by atoms with Crippen molar-refractivity contribution in [2.75, 3.05) is 27.4 Å². The van der Waals surface area contributed by atoms with E-state index in [4.69, 9.17) is 14.2 Å². The summed E-state index contributed by atoms with van der Waals surface area (Å²) in [5, 5.41) is 3.49. The van der Waals surface area contributed by atoms with Crippen molar-refractivity contribution >= 4 is 0 Å². The lowest BCUT2D eigenvalue weighted by Crippen LogP contribution is -2.42. The van der Waals surface area contributed by atoms with E-state index in [1.807, 2.05) is 0 Å². The number of rotatable bonds is 9. The minimum absolute atomic E-state index is 0.164. The molecule has 2 atom stereocenters. The van der Waals surface area contributed by atoms with Crippen LogP contribution in [0.2, 0.25) is 0 Å². The van der Waals surface area contributed by atoms with Gasteiger partial charge in [-0.3, -0.25) is 0 Å². The minimum atomic E-state index is -0.164. The molecule has 0 radical (unpaired) electrons. The molecule has 1 aliphatic rings. The highest BCUT2D eigenvalue weighted by atomic mass is 16.7. The Hall–Kier alpha value is -0.160. The van der Waals surface area contributed by atoms with Crippen LogP contribution in [0.1, 0.15) is 39.0 Å². The summed E-state index contributed by atoms with van der Waals surface area (Å²) in [7, 11) is 3.39. The van der Waals surface area contributed by atoms with Gasteiger partial charge in [-0.05, 0) is 38.6 Å². The number of ether oxygens (including phenoxy) is 3. The Morgan fingerprint density at radius 1 is 1.35 bits per heavy atom. The molecule has 0 amide bonds. The topological polar surface area (TPSA) is 39.7 Å². The van der Waals surface area contributed by atoms with Crippen molar-refractivity contribution in [1.29, 1.82) is 0 Å². The average Bonchev–Trinajstić information content (AvgIpc) is 2.86. The second kappa shape index (κ2) is 8.86. The maximum absolute atomic E-state index is 5.65. The van der Waals surface area contributed by atoms with Gasteiger partial charge in [0.15, 0.2) is 6.29 Å². The van der Waals surface area contributed by atoms with E-state index in [0.29, 0.717) is 6.10 Å². The van der Waals surface area contributed by atoms with E-state index in [0.717, 1.165) is 32.4 Å². The lowest BCUT2D eigenvalue weighted by Gasteiger charge is -2.26. The standard InChI is InChI=1S/C13H27NO3/c1-4-9-14-12(13(15-2)16-3)8-7-11-6-5-10-17-11/h11-14H,4-10H2,1-3H3. The van der Waals surface area contributed by atoms with Crippen molar-refractivity contribution in [3.63, 3.8) is 0 Å². The van der Waals surface area contributed by atoms with Gasteiger partial charge in [0, 0.05) is 20.8 Å². The maximum Gasteiger partial charge on any atom is 0.171 e. The number of methoxy groups -OCH3 is 2. The van der Waals surface area contributed by atoms with Crippen LogP contribution in [-0.2, 0) is 14.2 Å². The zero-order valence-electron chi connectivity index (χ0n) is 11.4. The molecule has 1 rings (SSSR count). The molecule has 0 aromatic rings. The summed E-state index contributed by atoms with van der Waals surface area (Å²) in [5.41, 5.74) is 0. The molecule has 0 aromatic carbocycles. The van der Waals surface area contributed by atoms with Gasteiger partial charge < -0.3 is 19.5 Å². The molecular weight excluding hydrogens is 218 g/mol. The molecule has 0 aromatic heterocycles. The van der Waals surface area contributed by atoms with Crippen LogP contribution < -0.4 is 5.32 Å². The molecule has 1 heterocycles. The average molecular weight is 245 g/mol. The van der Waals surface area contributed by atoms with Crippen LogP contribution in [0.5, 0.6) is 0 Å². The predicted octanol–water partition coefficient (Wildman–Crippen LogP) is 1.93. The lowest BCUT2D eigenvalue weighted by molar-refractivity contribution is -0.125. The largest absolute Gasteiger partial charge is 0.378 e. The van der Waals surface area contributed by atoms with E-state index in [9.17, 15) is 0 Å². The summed E-state index contributed by atoms with van der Waals surface area (Å²) in [6, 6.07) is 0.258. The fourth-order valence-electron chi connectivity index (χ4n) is 2.33. The number of nitrogens with one attached hydrogen (secondary N) is 1. The number of hydrogen-bond acceptors (Lipinski definition) is 4. The van der Waals surface area contributed by atoms with Gasteiger partial charge >= 0.3 is 0 Å². The first-order valence-corrected chi connectivity index (χ1v) is 6.72. The third-order valence-corrected chi connectivity index (χ3v) is 3.27. The van der Waals surface area contributed by atoms with Gasteiger partial charge in [0.2, 0.25) is 0 Å². The van der Waals surface area contributed by atoms with Gasteiger partial charge in [-0.15, -0.1) is 0 Å². The Bertz CT molecular complexity index is 180. The summed E-state index contributed by atoms with van der Waals surface area (Å²) < 4.78 is 16.3. The molecule has 4 nitrogen and oxygen atoms in total. The second-order valence-corrected chi connectivity index (χ2v) is 4.61. The molecule has 0 spiro atoms. The predicted molar refractivity (Wildman–Crippen MR) is 68.1 cm³/mol. The summed E-state index contributed by atoms with van der Waals surface area (Å²) in [5.74, 6) is 0. The highest BCUT2D eigenvalue weighted by Crippen LogP contribution is 2.19. The summed E-state index contributed by atoms with van der Waals surface area (Å²) >= 11 is 0. The van der Waals surface area contributed by atoms with E-state index in [1.165, 1.54) is 12.8 Å². The molecule has 4 heteroatoms. The maximum atomic E-state index is 5.65. The monoisotopic (exact) mass is 245 g/mol. The lowest BCUT2D eigenvalue weighted by atomic mass is 10.1. The van der Waals surface area contributed by atoms with Crippen LogP contribution >= 0.6 is 0 Å². The van der Waals surface area contributed by atoms with Gasteiger partial charge in [-0.1, -0.05) is 6.92 Å². The molecule has 102 valence electrons. The van der Waals surface area contributed by atoms with Gasteiger partial charge in [0.05, 0.1) is 12.1 Å². The van der Waals surface area contributed by atoms with Crippen molar-refractivity contribution in [1.82, 2.24) is 5.32 Å². The highest BCUT2D eigenvalue weighted by Gasteiger charge is 2.23. The minimum Gasteiger partial charge on any atom is -0.378 e. The molecule has 1 N–H and O–H groups in total. The molecule has 1 aliphatic heterocycles. The van der Waals surface area contributed by atoms with Gasteiger partial charge in [-0.25, -0.2) is 0 Å². The SMILES string of the molecule is CCCNC(CCC1CCCO1)C(OC)OC. The van der Waals surface area contributed by atoms with Crippen molar-refractivity contribution in [3.05, 3.63) is 0 Å². The highest BCUT2D eigenvalue weighted by molar-refractivity contribution is 4.74. The molecule has 0 saturated carbocycles. The van der Waals surface area contributed by atoms with Crippen molar-refractivity contribution in [3.8, 4) is 0 Å². The van der Waals surface area contributed by atoms with E-state index >= 15 is 0 Å². The molecule has 1 fully saturated rings. The fraction of sp³-hybridized carbons (Fsp3) is 1.00. The van der Waals surface area contributed by atoms with Crippen LogP contribution in [0.15, 0.2) is 0 Å². The third-order valence-electron chi connectivity index (χ3n) is 3.27. The van der Waals surface area contributed by atoms with Crippen molar-refractivity contribution < 1.29 is 14.2 Å². The first-order valence-electron chi connectivity index (χ1n) is 6.72. The summed E-state index contributed by atoms with van der Waals surface area (Å²) in [6.07, 6.45) is 5.93. The third kappa shape index (κ3) is 5.34. The van der Waals surface area contributed by atoms with E-state index in [-0.39, 0.29) is 12.3 Å². The quantitative estimate of drug-likeness (QED) is 0.630. The molecule has 0 bridgehead atoms. The fourth-order valence-corrected chi connectivity index (χ4v) is 2.33. The van der Waals surface area contributed by atoms with Gasteiger partial charge in [-0.2, -0.15) is 0 Å². The van der Waals surface area contributed by atoms with Gasteiger partial charge in [0.25, 0.3) is 0 Å². The van der Waals surface area contributed by atoms with E-state index < -0.39 is 0 Å².